The average Bonchev–Trinajstić information content (AvgIpc) is 2.51. The van der Waals surface area contributed by atoms with Gasteiger partial charge < -0.3 is 5.32 Å². The molecule has 0 saturated heterocycles. The number of hydrogen-bond donors (Lipinski definition) is 1. The van der Waals surface area contributed by atoms with E-state index in [2.05, 4.69) is 38.4 Å². The number of nitrogens with zero attached hydrogens (tertiary/aromatic N) is 2. The first-order valence-corrected chi connectivity index (χ1v) is 6.16. The van der Waals surface area contributed by atoms with Gasteiger partial charge in [-0.2, -0.15) is 0 Å². The van der Waals surface area contributed by atoms with Crippen LogP contribution in [0.2, 0.25) is 0 Å². The van der Waals surface area contributed by atoms with Gasteiger partial charge in [0, 0.05) is 6.54 Å². The highest BCUT2D eigenvalue weighted by molar-refractivity contribution is 9.11. The Hall–Kier alpha value is -0.160. The van der Waals surface area contributed by atoms with Crippen LogP contribution in [0.3, 0.4) is 0 Å². The van der Waals surface area contributed by atoms with Crippen molar-refractivity contribution in [3.63, 3.8) is 0 Å². The Morgan fingerprint density at radius 1 is 1.31 bits per heavy atom. The molecule has 0 aliphatic rings. The molecule has 1 rings (SSSR count). The second-order valence-corrected chi connectivity index (χ2v) is 5.10. The highest BCUT2D eigenvalue weighted by Crippen LogP contribution is 2.19. The normalized spacial score (nSPS) is 10.3. The van der Waals surface area contributed by atoms with E-state index < -0.39 is 0 Å². The molecular formula is C8H14BrN3S. The minimum Gasteiger partial charge on any atom is -0.360 e. The van der Waals surface area contributed by atoms with Gasteiger partial charge in [0.1, 0.15) is 0 Å². The molecule has 0 aromatic carbocycles. The molecule has 74 valence electrons. The number of anilines is 1. The molecule has 0 radical (unpaired) electrons. The molecule has 0 aliphatic heterocycles. The van der Waals surface area contributed by atoms with Crippen molar-refractivity contribution in [3.8, 4) is 0 Å². The maximum Gasteiger partial charge on any atom is 0.206 e. The zero-order chi connectivity index (χ0) is 9.52. The van der Waals surface area contributed by atoms with Crippen LogP contribution in [0.25, 0.3) is 0 Å². The summed E-state index contributed by atoms with van der Waals surface area (Å²) >= 11 is 4.81. The molecule has 3 nitrogen and oxygen atoms in total. The maximum atomic E-state index is 3.94. The second kappa shape index (κ2) is 6.32. The number of halogens is 1. The van der Waals surface area contributed by atoms with Crippen LogP contribution in [0.5, 0.6) is 0 Å². The van der Waals surface area contributed by atoms with Gasteiger partial charge in [-0.15, -0.1) is 10.2 Å². The molecule has 1 heterocycles. The van der Waals surface area contributed by atoms with Crippen LogP contribution in [0.1, 0.15) is 32.6 Å². The summed E-state index contributed by atoms with van der Waals surface area (Å²) in [6, 6.07) is 0. The Balaban J connectivity index is 2.06. The average molecular weight is 264 g/mol. The third-order valence-corrected chi connectivity index (χ3v) is 3.02. The van der Waals surface area contributed by atoms with E-state index in [1.807, 2.05) is 0 Å². The van der Waals surface area contributed by atoms with E-state index in [0.717, 1.165) is 15.6 Å². The number of aromatic nitrogens is 2. The lowest BCUT2D eigenvalue weighted by Crippen LogP contribution is -2.00. The van der Waals surface area contributed by atoms with Crippen LogP contribution in [0.4, 0.5) is 5.13 Å². The van der Waals surface area contributed by atoms with Crippen molar-refractivity contribution >= 4 is 32.4 Å². The summed E-state index contributed by atoms with van der Waals surface area (Å²) in [5, 5.41) is 11.9. The molecule has 0 atom stereocenters. The molecule has 1 aromatic rings. The second-order valence-electron chi connectivity index (χ2n) is 2.85. The van der Waals surface area contributed by atoms with Crippen molar-refractivity contribution in [2.45, 2.75) is 32.6 Å². The molecule has 0 saturated carbocycles. The summed E-state index contributed by atoms with van der Waals surface area (Å²) in [7, 11) is 0. The molecule has 0 fully saturated rings. The molecular weight excluding hydrogens is 250 g/mol. The van der Waals surface area contributed by atoms with Crippen molar-refractivity contribution in [1.82, 2.24) is 10.2 Å². The minimum atomic E-state index is 0.837. The summed E-state index contributed by atoms with van der Waals surface area (Å²) in [4.78, 5) is 0. The van der Waals surface area contributed by atoms with E-state index in [9.17, 15) is 0 Å². The smallest absolute Gasteiger partial charge is 0.206 e. The Kier molecular flexibility index (Phi) is 5.31. The third kappa shape index (κ3) is 4.57. The van der Waals surface area contributed by atoms with Crippen LogP contribution < -0.4 is 5.32 Å². The van der Waals surface area contributed by atoms with Crippen molar-refractivity contribution in [1.29, 1.82) is 0 Å². The van der Waals surface area contributed by atoms with Crippen molar-refractivity contribution < 1.29 is 0 Å². The van der Waals surface area contributed by atoms with E-state index in [0.29, 0.717) is 0 Å². The fraction of sp³-hybridized carbons (Fsp3) is 0.750. The van der Waals surface area contributed by atoms with Gasteiger partial charge in [-0.05, 0) is 22.4 Å². The maximum absolute atomic E-state index is 3.94. The van der Waals surface area contributed by atoms with Crippen LogP contribution in [-0.2, 0) is 0 Å². The lowest BCUT2D eigenvalue weighted by Gasteiger charge is -2.00. The molecule has 1 N–H and O–H groups in total. The summed E-state index contributed by atoms with van der Waals surface area (Å²) in [5.41, 5.74) is 0. The Labute approximate surface area is 91.1 Å². The third-order valence-electron chi connectivity index (χ3n) is 1.71. The lowest BCUT2D eigenvalue weighted by molar-refractivity contribution is 0.684. The van der Waals surface area contributed by atoms with E-state index in [1.165, 1.54) is 37.0 Å². The van der Waals surface area contributed by atoms with Gasteiger partial charge in [0.2, 0.25) is 5.13 Å². The predicted molar refractivity (Wildman–Crippen MR) is 60.2 cm³/mol. The first kappa shape index (κ1) is 10.9. The van der Waals surface area contributed by atoms with E-state index in [1.54, 1.807) is 0 Å². The summed E-state index contributed by atoms with van der Waals surface area (Å²) in [6.45, 7) is 3.22. The van der Waals surface area contributed by atoms with Gasteiger partial charge in [-0.1, -0.05) is 37.5 Å². The van der Waals surface area contributed by atoms with Gasteiger partial charge in [0.05, 0.1) is 0 Å². The highest BCUT2D eigenvalue weighted by atomic mass is 79.9. The zero-order valence-electron chi connectivity index (χ0n) is 7.72. The molecule has 0 spiro atoms. The molecule has 0 amide bonds. The molecule has 0 unspecified atom stereocenters. The highest BCUT2D eigenvalue weighted by Gasteiger charge is 1.98. The van der Waals surface area contributed by atoms with Crippen molar-refractivity contribution in [2.75, 3.05) is 11.9 Å². The molecule has 5 heteroatoms. The Morgan fingerprint density at radius 2 is 2.15 bits per heavy atom. The van der Waals surface area contributed by atoms with E-state index in [4.69, 9.17) is 0 Å². The topological polar surface area (TPSA) is 37.8 Å². The van der Waals surface area contributed by atoms with Gasteiger partial charge in [0.25, 0.3) is 0 Å². The van der Waals surface area contributed by atoms with Gasteiger partial charge >= 0.3 is 0 Å². The minimum absolute atomic E-state index is 0.837. The SMILES string of the molecule is CCCCCCNc1nnc(Br)s1. The van der Waals surface area contributed by atoms with Crippen LogP contribution in [-0.4, -0.2) is 16.7 Å². The summed E-state index contributed by atoms with van der Waals surface area (Å²) in [6.07, 6.45) is 5.11. The first-order chi connectivity index (χ1) is 6.33. The van der Waals surface area contributed by atoms with Gasteiger partial charge in [-0.25, -0.2) is 0 Å². The van der Waals surface area contributed by atoms with E-state index in [-0.39, 0.29) is 0 Å². The van der Waals surface area contributed by atoms with Gasteiger partial charge in [0.15, 0.2) is 3.92 Å². The molecule has 0 aliphatic carbocycles. The van der Waals surface area contributed by atoms with Gasteiger partial charge in [-0.3, -0.25) is 0 Å². The standard InChI is InChI=1S/C8H14BrN3S/c1-2-3-4-5-6-10-8-12-11-7(9)13-8/h2-6H2,1H3,(H,10,12). The first-order valence-electron chi connectivity index (χ1n) is 4.56. The Morgan fingerprint density at radius 3 is 2.77 bits per heavy atom. The van der Waals surface area contributed by atoms with Crippen molar-refractivity contribution in [3.05, 3.63) is 3.92 Å². The number of rotatable bonds is 6. The van der Waals surface area contributed by atoms with Crippen LogP contribution in [0.15, 0.2) is 3.92 Å². The zero-order valence-corrected chi connectivity index (χ0v) is 10.1. The number of unbranched alkanes of at least 4 members (excludes halogenated alkanes) is 3. The number of hydrogen-bond acceptors (Lipinski definition) is 4. The summed E-state index contributed by atoms with van der Waals surface area (Å²) < 4.78 is 0.837. The molecule has 0 bridgehead atoms. The molecule has 13 heavy (non-hydrogen) atoms. The molecule has 1 aromatic heterocycles. The van der Waals surface area contributed by atoms with Crippen LogP contribution in [0, 0.1) is 0 Å². The monoisotopic (exact) mass is 263 g/mol. The van der Waals surface area contributed by atoms with Crippen LogP contribution >= 0.6 is 27.3 Å². The van der Waals surface area contributed by atoms with Crippen molar-refractivity contribution in [2.24, 2.45) is 0 Å². The summed E-state index contributed by atoms with van der Waals surface area (Å²) in [5.74, 6) is 0. The number of nitrogens with one attached hydrogen (secondary N) is 1. The predicted octanol–water partition coefficient (Wildman–Crippen LogP) is 3.29. The fourth-order valence-corrected chi connectivity index (χ4v) is 2.06. The largest absolute Gasteiger partial charge is 0.360 e. The lowest BCUT2D eigenvalue weighted by atomic mass is 10.2. The van der Waals surface area contributed by atoms with E-state index >= 15 is 0 Å². The Bertz CT molecular complexity index is 239. The quantitative estimate of drug-likeness (QED) is 0.801. The fourth-order valence-electron chi connectivity index (χ4n) is 1.02.